The van der Waals surface area contributed by atoms with E-state index in [1.165, 1.54) is 12.1 Å². The molecule has 1 unspecified atom stereocenters. The third kappa shape index (κ3) is 3.63. The Morgan fingerprint density at radius 2 is 1.52 bits per heavy atom. The minimum atomic E-state index is -4.07. The first-order chi connectivity index (χ1) is 11.7. The van der Waals surface area contributed by atoms with Crippen molar-refractivity contribution >= 4 is 19.8 Å². The van der Waals surface area contributed by atoms with Gasteiger partial charge in [0.2, 0.25) is 0 Å². The molecule has 2 aromatic rings. The highest BCUT2D eigenvalue weighted by Gasteiger charge is 2.50. The van der Waals surface area contributed by atoms with Crippen LogP contribution in [0.2, 0.25) is 0 Å². The number of aryl methyl sites for hydroxylation is 1. The normalized spacial score (nSPS) is 22.4. The van der Waals surface area contributed by atoms with Crippen LogP contribution in [0.5, 0.6) is 0 Å². The van der Waals surface area contributed by atoms with Crippen LogP contribution in [0.1, 0.15) is 19.4 Å². The minimum absolute atomic E-state index is 0.0310. The minimum Gasteiger partial charge on any atom is -0.354 e. The Bertz CT molecular complexity index is 973. The predicted octanol–water partition coefficient (Wildman–Crippen LogP) is 3.59. The third-order valence-corrected chi connectivity index (χ3v) is 8.56. The number of sulfonamides is 1. The molecular formula is C18H21NO4S2. The third-order valence-electron chi connectivity index (χ3n) is 4.06. The maximum absolute atomic E-state index is 13.6. The molecule has 1 aliphatic heterocycles. The highest BCUT2D eigenvalue weighted by atomic mass is 32.3. The van der Waals surface area contributed by atoms with E-state index in [0.717, 1.165) is 5.56 Å². The summed E-state index contributed by atoms with van der Waals surface area (Å²) in [5.41, 5.74) is 0.225. The standard InChI is InChI=1S/C18H21NO4S2/c1-13(2)17-18(23-17)24(20,15-7-5-4-6-8-15)19-25(21,22)16-11-9-14(3)10-12-16/h4-13,17-18H,1-3H3/t17-,18+,24?/m1/s1. The molecule has 3 rings (SSSR count). The van der Waals surface area contributed by atoms with Crippen molar-refractivity contribution in [3.05, 3.63) is 60.2 Å². The van der Waals surface area contributed by atoms with Gasteiger partial charge >= 0.3 is 0 Å². The first kappa shape index (κ1) is 18.1. The van der Waals surface area contributed by atoms with Crippen molar-refractivity contribution in [2.75, 3.05) is 0 Å². The summed E-state index contributed by atoms with van der Waals surface area (Å²) in [5, 5.41) is 0. The van der Waals surface area contributed by atoms with Crippen LogP contribution in [-0.2, 0) is 24.5 Å². The first-order valence-corrected chi connectivity index (χ1v) is 11.1. The lowest BCUT2D eigenvalue weighted by Crippen LogP contribution is -2.16. The van der Waals surface area contributed by atoms with Crippen molar-refractivity contribution in [2.45, 2.75) is 42.1 Å². The van der Waals surface area contributed by atoms with Crippen LogP contribution in [0.3, 0.4) is 0 Å². The van der Waals surface area contributed by atoms with Gasteiger partial charge in [-0.1, -0.05) is 53.5 Å². The SMILES string of the molecule is Cc1ccc(S(=O)(=O)N=S(=O)(c2ccccc2)[C@@H]2O[C@@H]2C(C)C)cc1. The Kier molecular flexibility index (Phi) is 4.74. The van der Waals surface area contributed by atoms with Crippen molar-refractivity contribution in [3.8, 4) is 0 Å². The summed E-state index contributed by atoms with van der Waals surface area (Å²) in [4.78, 5) is 0.405. The van der Waals surface area contributed by atoms with Crippen molar-refractivity contribution < 1.29 is 17.4 Å². The second kappa shape index (κ2) is 6.55. The Labute approximate surface area is 149 Å². The molecule has 0 aromatic heterocycles. The fourth-order valence-electron chi connectivity index (χ4n) is 2.57. The zero-order chi connectivity index (χ0) is 18.2. The lowest BCUT2D eigenvalue weighted by atomic mass is 10.2. The number of hydrogen-bond acceptors (Lipinski definition) is 4. The van der Waals surface area contributed by atoms with Gasteiger partial charge in [-0.25, -0.2) is 4.21 Å². The van der Waals surface area contributed by atoms with Crippen molar-refractivity contribution in [1.29, 1.82) is 0 Å². The van der Waals surface area contributed by atoms with Gasteiger partial charge in [-0.15, -0.1) is 0 Å². The van der Waals surface area contributed by atoms with Crippen molar-refractivity contribution in [3.63, 3.8) is 0 Å². The van der Waals surface area contributed by atoms with E-state index in [4.69, 9.17) is 4.74 Å². The topological polar surface area (TPSA) is 76.1 Å². The van der Waals surface area contributed by atoms with Gasteiger partial charge in [0.1, 0.15) is 15.8 Å². The lowest BCUT2D eigenvalue weighted by molar-refractivity contribution is 0.350. The van der Waals surface area contributed by atoms with Crippen LogP contribution in [0.15, 0.2) is 68.2 Å². The van der Waals surface area contributed by atoms with E-state index in [1.807, 2.05) is 20.8 Å². The zero-order valence-electron chi connectivity index (χ0n) is 14.3. The van der Waals surface area contributed by atoms with Gasteiger partial charge in [-0.2, -0.15) is 8.42 Å². The predicted molar refractivity (Wildman–Crippen MR) is 97.1 cm³/mol. The maximum atomic E-state index is 13.6. The molecule has 134 valence electrons. The highest BCUT2D eigenvalue weighted by Crippen LogP contribution is 2.39. The second-order valence-corrected chi connectivity index (χ2v) is 10.5. The first-order valence-electron chi connectivity index (χ1n) is 8.03. The summed E-state index contributed by atoms with van der Waals surface area (Å²) in [7, 11) is -7.34. The molecule has 1 saturated heterocycles. The Morgan fingerprint density at radius 3 is 2.04 bits per heavy atom. The molecule has 0 amide bonds. The molecule has 1 fully saturated rings. The largest absolute Gasteiger partial charge is 0.354 e. The molecule has 0 bridgehead atoms. The van der Waals surface area contributed by atoms with E-state index in [9.17, 15) is 12.6 Å². The molecule has 3 atom stereocenters. The molecule has 2 aromatic carbocycles. The van der Waals surface area contributed by atoms with Gasteiger partial charge < -0.3 is 4.74 Å². The Morgan fingerprint density at radius 1 is 0.920 bits per heavy atom. The number of nitrogens with zero attached hydrogens (tertiary/aromatic N) is 1. The van der Waals surface area contributed by atoms with Gasteiger partial charge in [-0.3, -0.25) is 0 Å². The van der Waals surface area contributed by atoms with E-state index in [0.29, 0.717) is 4.90 Å². The van der Waals surface area contributed by atoms with Gasteiger partial charge in [-0.05, 0) is 37.1 Å². The number of epoxide rings is 1. The van der Waals surface area contributed by atoms with E-state index < -0.39 is 25.2 Å². The van der Waals surface area contributed by atoms with E-state index >= 15 is 0 Å². The van der Waals surface area contributed by atoms with Crippen LogP contribution >= 0.6 is 0 Å². The molecule has 1 aliphatic rings. The molecule has 0 N–H and O–H groups in total. The fraction of sp³-hybridized carbons (Fsp3) is 0.333. The summed E-state index contributed by atoms with van der Waals surface area (Å²) in [6.07, 6.45) is -0.260. The molecule has 7 heteroatoms. The Balaban J connectivity index is 2.14. The average molecular weight is 380 g/mol. The van der Waals surface area contributed by atoms with Crippen LogP contribution in [0.25, 0.3) is 0 Å². The number of hydrogen-bond donors (Lipinski definition) is 0. The van der Waals surface area contributed by atoms with Crippen LogP contribution in [0.4, 0.5) is 0 Å². The van der Waals surface area contributed by atoms with E-state index in [1.54, 1.807) is 42.5 Å². The number of rotatable bonds is 5. The van der Waals surface area contributed by atoms with Gasteiger partial charge in [0.25, 0.3) is 10.0 Å². The van der Waals surface area contributed by atoms with E-state index in [2.05, 4.69) is 3.77 Å². The molecular weight excluding hydrogens is 358 g/mol. The zero-order valence-corrected chi connectivity index (χ0v) is 16.0. The van der Waals surface area contributed by atoms with Gasteiger partial charge in [0.05, 0.1) is 9.79 Å². The summed E-state index contributed by atoms with van der Waals surface area (Å²) >= 11 is 0. The van der Waals surface area contributed by atoms with Gasteiger partial charge in [0, 0.05) is 0 Å². The molecule has 1 heterocycles. The number of ether oxygens (including phenoxy) is 1. The molecule has 25 heavy (non-hydrogen) atoms. The van der Waals surface area contributed by atoms with Crippen molar-refractivity contribution in [1.82, 2.24) is 0 Å². The maximum Gasteiger partial charge on any atom is 0.290 e. The van der Waals surface area contributed by atoms with Crippen molar-refractivity contribution in [2.24, 2.45) is 9.69 Å². The summed E-state index contributed by atoms with van der Waals surface area (Å²) < 4.78 is 48.6. The average Bonchev–Trinajstić information content (AvgIpc) is 3.37. The van der Waals surface area contributed by atoms with Crippen LogP contribution in [0, 0.1) is 12.8 Å². The Hall–Kier alpha value is -1.70. The quantitative estimate of drug-likeness (QED) is 0.744. The second-order valence-electron chi connectivity index (χ2n) is 6.46. The van der Waals surface area contributed by atoms with Crippen LogP contribution < -0.4 is 0 Å². The summed E-state index contributed by atoms with van der Waals surface area (Å²) in [5.74, 6) is 0.131. The monoisotopic (exact) mass is 379 g/mol. The highest BCUT2D eigenvalue weighted by molar-refractivity contribution is 8.03. The molecule has 0 spiro atoms. The fourth-order valence-corrected chi connectivity index (χ4v) is 7.02. The smallest absolute Gasteiger partial charge is 0.290 e. The molecule has 5 nitrogen and oxygen atoms in total. The van der Waals surface area contributed by atoms with Gasteiger partial charge in [0.15, 0.2) is 5.44 Å². The summed E-state index contributed by atoms with van der Waals surface area (Å²) in [6, 6.07) is 14.8. The van der Waals surface area contributed by atoms with Crippen LogP contribution in [-0.4, -0.2) is 24.2 Å². The van der Waals surface area contributed by atoms with E-state index in [-0.39, 0.29) is 16.9 Å². The molecule has 0 radical (unpaired) electrons. The number of benzene rings is 2. The lowest BCUT2D eigenvalue weighted by Gasteiger charge is -2.09. The molecule has 0 saturated carbocycles. The summed E-state index contributed by atoms with van der Waals surface area (Å²) in [6.45, 7) is 5.76. The molecule has 0 aliphatic carbocycles.